The van der Waals surface area contributed by atoms with Gasteiger partial charge in [-0.05, 0) is 68.3 Å². The monoisotopic (exact) mass is 430 g/mol. The van der Waals surface area contributed by atoms with E-state index in [4.69, 9.17) is 18.6 Å². The first kappa shape index (κ1) is 21.2. The van der Waals surface area contributed by atoms with Crippen LogP contribution < -0.4 is 19.6 Å². The standard InChI is InChI=1S/C26H22O6/c1-16-4-7-19(8-5-16)31-24-14-30-23-13-21(10-11-22(23)26(24)28)32-25(27)15-29-20-9-6-17(2)18(3)12-20/h4-14H,15H2,1-3H3. The van der Waals surface area contributed by atoms with Gasteiger partial charge < -0.3 is 18.6 Å². The summed E-state index contributed by atoms with van der Waals surface area (Å²) in [6.45, 7) is 5.70. The van der Waals surface area contributed by atoms with Gasteiger partial charge in [-0.25, -0.2) is 4.79 Å². The maximum atomic E-state index is 12.7. The van der Waals surface area contributed by atoms with E-state index in [2.05, 4.69) is 0 Å². The fraction of sp³-hybridized carbons (Fsp3) is 0.154. The number of esters is 1. The van der Waals surface area contributed by atoms with Crippen LogP contribution in [0.1, 0.15) is 16.7 Å². The number of hydrogen-bond acceptors (Lipinski definition) is 6. The molecule has 4 rings (SSSR count). The Kier molecular flexibility index (Phi) is 5.94. The van der Waals surface area contributed by atoms with E-state index in [9.17, 15) is 9.59 Å². The second-order valence-electron chi connectivity index (χ2n) is 7.51. The molecule has 4 aromatic rings. The van der Waals surface area contributed by atoms with Gasteiger partial charge in [-0.2, -0.15) is 0 Å². The van der Waals surface area contributed by atoms with Crippen molar-refractivity contribution in [3.63, 3.8) is 0 Å². The highest BCUT2D eigenvalue weighted by Gasteiger charge is 2.12. The molecule has 162 valence electrons. The molecule has 0 aliphatic rings. The van der Waals surface area contributed by atoms with E-state index in [1.165, 1.54) is 24.5 Å². The van der Waals surface area contributed by atoms with Crippen LogP contribution in [0.4, 0.5) is 0 Å². The Morgan fingerprint density at radius 3 is 2.31 bits per heavy atom. The lowest BCUT2D eigenvalue weighted by atomic mass is 10.1. The first-order valence-corrected chi connectivity index (χ1v) is 10.1. The van der Waals surface area contributed by atoms with Crippen molar-refractivity contribution in [2.45, 2.75) is 20.8 Å². The van der Waals surface area contributed by atoms with Crippen LogP contribution in [0.15, 0.2) is 76.1 Å². The van der Waals surface area contributed by atoms with Gasteiger partial charge in [0.25, 0.3) is 0 Å². The summed E-state index contributed by atoms with van der Waals surface area (Å²) in [4.78, 5) is 24.9. The van der Waals surface area contributed by atoms with Gasteiger partial charge in [0, 0.05) is 6.07 Å². The first-order chi connectivity index (χ1) is 15.4. The fourth-order valence-electron chi connectivity index (χ4n) is 3.07. The summed E-state index contributed by atoms with van der Waals surface area (Å²) >= 11 is 0. The zero-order valence-electron chi connectivity index (χ0n) is 18.0. The van der Waals surface area contributed by atoms with E-state index < -0.39 is 5.97 Å². The highest BCUT2D eigenvalue weighted by atomic mass is 16.6. The summed E-state index contributed by atoms with van der Waals surface area (Å²) in [5, 5.41) is 0.320. The molecule has 0 aliphatic heterocycles. The van der Waals surface area contributed by atoms with Gasteiger partial charge in [0.1, 0.15) is 29.1 Å². The molecule has 0 unspecified atom stereocenters. The average molecular weight is 430 g/mol. The molecule has 0 atom stereocenters. The molecular formula is C26H22O6. The molecule has 6 nitrogen and oxygen atoms in total. The lowest BCUT2D eigenvalue weighted by Gasteiger charge is -2.09. The number of fused-ring (bicyclic) bond motifs is 1. The molecule has 0 radical (unpaired) electrons. The maximum absolute atomic E-state index is 12.7. The Bertz CT molecular complexity index is 1340. The van der Waals surface area contributed by atoms with Gasteiger partial charge in [-0.3, -0.25) is 4.79 Å². The van der Waals surface area contributed by atoms with Crippen molar-refractivity contribution in [3.8, 4) is 23.0 Å². The molecule has 32 heavy (non-hydrogen) atoms. The predicted molar refractivity (Wildman–Crippen MR) is 121 cm³/mol. The van der Waals surface area contributed by atoms with Gasteiger partial charge in [0.2, 0.25) is 11.2 Å². The number of benzene rings is 3. The maximum Gasteiger partial charge on any atom is 0.349 e. The Balaban J connectivity index is 1.44. The van der Waals surface area contributed by atoms with Crippen LogP contribution in [0, 0.1) is 20.8 Å². The summed E-state index contributed by atoms with van der Waals surface area (Å²) in [6, 6.07) is 17.5. The van der Waals surface area contributed by atoms with Crippen LogP contribution in [0.25, 0.3) is 11.0 Å². The van der Waals surface area contributed by atoms with Crippen molar-refractivity contribution >= 4 is 16.9 Å². The Morgan fingerprint density at radius 1 is 0.844 bits per heavy atom. The van der Waals surface area contributed by atoms with Gasteiger partial charge in [0.05, 0.1) is 5.39 Å². The number of aryl methyl sites for hydroxylation is 3. The normalized spacial score (nSPS) is 10.7. The third kappa shape index (κ3) is 4.81. The molecule has 0 saturated heterocycles. The van der Waals surface area contributed by atoms with Gasteiger partial charge in [0.15, 0.2) is 6.61 Å². The molecule has 3 aromatic carbocycles. The molecule has 0 N–H and O–H groups in total. The van der Waals surface area contributed by atoms with Crippen LogP contribution in [0.3, 0.4) is 0 Å². The van der Waals surface area contributed by atoms with Crippen LogP contribution in [-0.4, -0.2) is 12.6 Å². The van der Waals surface area contributed by atoms with Crippen molar-refractivity contribution in [3.05, 3.63) is 93.8 Å². The molecule has 1 heterocycles. The fourth-order valence-corrected chi connectivity index (χ4v) is 3.07. The third-order valence-corrected chi connectivity index (χ3v) is 5.03. The topological polar surface area (TPSA) is 75.0 Å². The van der Waals surface area contributed by atoms with Crippen molar-refractivity contribution in [2.24, 2.45) is 0 Å². The zero-order valence-corrected chi connectivity index (χ0v) is 18.0. The highest BCUT2D eigenvalue weighted by Crippen LogP contribution is 2.24. The summed E-state index contributed by atoms with van der Waals surface area (Å²) in [5.41, 5.74) is 3.27. The number of rotatable bonds is 6. The van der Waals surface area contributed by atoms with Crippen molar-refractivity contribution in [1.82, 2.24) is 0 Å². The molecule has 0 fully saturated rings. The molecule has 0 amide bonds. The summed E-state index contributed by atoms with van der Waals surface area (Å²) in [6.07, 6.45) is 1.25. The third-order valence-electron chi connectivity index (χ3n) is 5.03. The minimum atomic E-state index is -0.566. The number of carbonyl (C=O) groups excluding carboxylic acids is 1. The van der Waals surface area contributed by atoms with E-state index in [1.807, 2.05) is 45.0 Å². The smallest absolute Gasteiger partial charge is 0.349 e. The SMILES string of the molecule is Cc1ccc(Oc2coc3cc(OC(=O)COc4ccc(C)c(C)c4)ccc3c2=O)cc1. The minimum Gasteiger partial charge on any atom is -0.482 e. The Labute approximate surface area is 185 Å². The van der Waals surface area contributed by atoms with Crippen LogP contribution in [-0.2, 0) is 4.79 Å². The largest absolute Gasteiger partial charge is 0.482 e. The Hall–Kier alpha value is -4.06. The minimum absolute atomic E-state index is 0.0767. The first-order valence-electron chi connectivity index (χ1n) is 10.1. The predicted octanol–water partition coefficient (Wildman–Crippen LogP) is 5.49. The molecule has 0 aliphatic carbocycles. The van der Waals surface area contributed by atoms with Gasteiger partial charge >= 0.3 is 5.97 Å². The number of ether oxygens (including phenoxy) is 3. The van der Waals surface area contributed by atoms with Crippen LogP contribution >= 0.6 is 0 Å². The zero-order chi connectivity index (χ0) is 22.7. The molecular weight excluding hydrogens is 408 g/mol. The van der Waals surface area contributed by atoms with Crippen LogP contribution in [0.5, 0.6) is 23.0 Å². The lowest BCUT2D eigenvalue weighted by molar-refractivity contribution is -0.136. The van der Waals surface area contributed by atoms with E-state index in [0.717, 1.165) is 16.7 Å². The second kappa shape index (κ2) is 8.98. The van der Waals surface area contributed by atoms with E-state index >= 15 is 0 Å². The average Bonchev–Trinajstić information content (AvgIpc) is 2.78. The summed E-state index contributed by atoms with van der Waals surface area (Å²) in [5.74, 6) is 0.894. The summed E-state index contributed by atoms with van der Waals surface area (Å²) < 4.78 is 22.0. The summed E-state index contributed by atoms with van der Waals surface area (Å²) in [7, 11) is 0. The van der Waals surface area contributed by atoms with Crippen molar-refractivity contribution in [1.29, 1.82) is 0 Å². The molecule has 6 heteroatoms. The Morgan fingerprint density at radius 2 is 1.56 bits per heavy atom. The van der Waals surface area contributed by atoms with Gasteiger partial charge in [-0.15, -0.1) is 0 Å². The van der Waals surface area contributed by atoms with Crippen molar-refractivity contribution in [2.75, 3.05) is 6.61 Å². The second-order valence-corrected chi connectivity index (χ2v) is 7.51. The van der Waals surface area contributed by atoms with Crippen LogP contribution in [0.2, 0.25) is 0 Å². The molecule has 0 spiro atoms. The number of hydrogen-bond donors (Lipinski definition) is 0. The molecule has 0 saturated carbocycles. The quantitative estimate of drug-likeness (QED) is 0.297. The van der Waals surface area contributed by atoms with Gasteiger partial charge in [-0.1, -0.05) is 23.8 Å². The van der Waals surface area contributed by atoms with E-state index in [0.29, 0.717) is 16.9 Å². The molecule has 0 bridgehead atoms. The van der Waals surface area contributed by atoms with E-state index in [-0.39, 0.29) is 29.1 Å². The highest BCUT2D eigenvalue weighted by molar-refractivity contribution is 5.81. The lowest BCUT2D eigenvalue weighted by Crippen LogP contribution is -2.17. The number of carbonyl (C=O) groups is 1. The van der Waals surface area contributed by atoms with Crippen molar-refractivity contribution < 1.29 is 23.4 Å². The van der Waals surface area contributed by atoms with E-state index in [1.54, 1.807) is 18.2 Å². The molecule has 1 aromatic heterocycles.